The van der Waals surface area contributed by atoms with Crippen LogP contribution in [0.25, 0.3) is 0 Å². The van der Waals surface area contributed by atoms with Crippen LogP contribution in [0.1, 0.15) is 59.3 Å². The fourth-order valence-corrected chi connectivity index (χ4v) is 3.40. The van der Waals surface area contributed by atoms with Crippen molar-refractivity contribution >= 4 is 0 Å². The molecule has 0 bridgehead atoms. The van der Waals surface area contributed by atoms with Gasteiger partial charge in [0.25, 0.3) is 0 Å². The van der Waals surface area contributed by atoms with E-state index in [1.165, 1.54) is 38.5 Å². The molecule has 0 aromatic heterocycles. The lowest BCUT2D eigenvalue weighted by atomic mass is 9.74. The van der Waals surface area contributed by atoms with Crippen LogP contribution in [0.4, 0.5) is 0 Å². The topological polar surface area (TPSA) is 21.3 Å². The lowest BCUT2D eigenvalue weighted by Crippen LogP contribution is -2.47. The second kappa shape index (κ2) is 7.38. The molecule has 2 atom stereocenters. The van der Waals surface area contributed by atoms with Crippen LogP contribution in [0, 0.1) is 11.3 Å². The standard InChI is InChI=1S/C15H31NO/c1-5-11-16-14(13(2)8-12-17-4)15(3)9-6-7-10-15/h13-14,16H,5-12H2,1-4H3. The average molecular weight is 241 g/mol. The quantitative estimate of drug-likeness (QED) is 0.701. The zero-order valence-electron chi connectivity index (χ0n) is 12.2. The molecule has 1 rings (SSSR count). The minimum absolute atomic E-state index is 0.516. The Kier molecular flexibility index (Phi) is 6.50. The van der Waals surface area contributed by atoms with Crippen molar-refractivity contribution < 1.29 is 4.74 Å². The highest BCUT2D eigenvalue weighted by Gasteiger charge is 2.38. The van der Waals surface area contributed by atoms with E-state index in [-0.39, 0.29) is 0 Å². The van der Waals surface area contributed by atoms with E-state index in [9.17, 15) is 0 Å². The second-order valence-corrected chi connectivity index (χ2v) is 6.05. The Balaban J connectivity index is 2.58. The van der Waals surface area contributed by atoms with Crippen molar-refractivity contribution in [2.45, 2.75) is 65.3 Å². The molecule has 0 amide bonds. The van der Waals surface area contributed by atoms with E-state index in [1.54, 1.807) is 7.11 Å². The Bertz CT molecular complexity index is 199. The van der Waals surface area contributed by atoms with Gasteiger partial charge in [-0.3, -0.25) is 0 Å². The highest BCUT2D eigenvalue weighted by Crippen LogP contribution is 2.43. The van der Waals surface area contributed by atoms with Gasteiger partial charge in [0.15, 0.2) is 0 Å². The van der Waals surface area contributed by atoms with E-state index in [2.05, 4.69) is 26.1 Å². The van der Waals surface area contributed by atoms with E-state index in [4.69, 9.17) is 4.74 Å². The summed E-state index contributed by atoms with van der Waals surface area (Å²) in [5.41, 5.74) is 0.516. The van der Waals surface area contributed by atoms with Gasteiger partial charge in [-0.1, -0.05) is 33.6 Å². The van der Waals surface area contributed by atoms with Crippen molar-refractivity contribution in [1.82, 2.24) is 5.32 Å². The van der Waals surface area contributed by atoms with Crippen LogP contribution in [0.15, 0.2) is 0 Å². The molecule has 2 heteroatoms. The Labute approximate surface area is 108 Å². The third kappa shape index (κ3) is 4.26. The summed E-state index contributed by atoms with van der Waals surface area (Å²) in [6, 6.07) is 0.667. The highest BCUT2D eigenvalue weighted by atomic mass is 16.5. The number of methoxy groups -OCH3 is 1. The average Bonchev–Trinajstić information content (AvgIpc) is 2.74. The van der Waals surface area contributed by atoms with Gasteiger partial charge in [0.05, 0.1) is 0 Å². The fraction of sp³-hybridized carbons (Fsp3) is 1.00. The summed E-state index contributed by atoms with van der Waals surface area (Å²) in [5.74, 6) is 0.713. The van der Waals surface area contributed by atoms with Gasteiger partial charge in [0.1, 0.15) is 0 Å². The van der Waals surface area contributed by atoms with Crippen molar-refractivity contribution in [3.63, 3.8) is 0 Å². The number of hydrogen-bond donors (Lipinski definition) is 1. The molecule has 1 fully saturated rings. The molecular formula is C15H31NO. The van der Waals surface area contributed by atoms with Gasteiger partial charge < -0.3 is 10.1 Å². The molecule has 102 valence electrons. The minimum atomic E-state index is 0.516. The predicted octanol–water partition coefficient (Wildman–Crippen LogP) is 3.61. The Hall–Kier alpha value is -0.0800. The van der Waals surface area contributed by atoms with Crippen LogP contribution >= 0.6 is 0 Å². The van der Waals surface area contributed by atoms with Crippen LogP contribution in [-0.2, 0) is 4.74 Å². The molecule has 2 nitrogen and oxygen atoms in total. The largest absolute Gasteiger partial charge is 0.385 e. The molecule has 0 aromatic rings. The van der Waals surface area contributed by atoms with Crippen molar-refractivity contribution in [2.24, 2.45) is 11.3 Å². The second-order valence-electron chi connectivity index (χ2n) is 6.05. The summed E-state index contributed by atoms with van der Waals surface area (Å²) in [6.07, 6.45) is 8.02. The van der Waals surface area contributed by atoms with Gasteiger partial charge in [0, 0.05) is 19.8 Å². The summed E-state index contributed by atoms with van der Waals surface area (Å²) in [5, 5.41) is 3.80. The van der Waals surface area contributed by atoms with Crippen LogP contribution in [0.3, 0.4) is 0 Å². The van der Waals surface area contributed by atoms with Crippen molar-refractivity contribution in [2.75, 3.05) is 20.3 Å². The summed E-state index contributed by atoms with van der Waals surface area (Å²) in [7, 11) is 1.80. The molecule has 1 aliphatic carbocycles. The maximum Gasteiger partial charge on any atom is 0.0465 e. The molecule has 0 radical (unpaired) electrons. The smallest absolute Gasteiger partial charge is 0.0465 e. The first-order chi connectivity index (χ1) is 8.14. The minimum Gasteiger partial charge on any atom is -0.385 e. The van der Waals surface area contributed by atoms with E-state index >= 15 is 0 Å². The van der Waals surface area contributed by atoms with Gasteiger partial charge >= 0.3 is 0 Å². The number of nitrogens with one attached hydrogen (secondary N) is 1. The van der Waals surface area contributed by atoms with Crippen molar-refractivity contribution in [3.05, 3.63) is 0 Å². The molecule has 0 aliphatic heterocycles. The maximum absolute atomic E-state index is 5.23. The van der Waals surface area contributed by atoms with Gasteiger partial charge in [-0.2, -0.15) is 0 Å². The van der Waals surface area contributed by atoms with Crippen LogP contribution in [-0.4, -0.2) is 26.3 Å². The molecule has 1 N–H and O–H groups in total. The van der Waals surface area contributed by atoms with Gasteiger partial charge in [-0.25, -0.2) is 0 Å². The predicted molar refractivity (Wildman–Crippen MR) is 74.3 cm³/mol. The van der Waals surface area contributed by atoms with E-state index in [0.29, 0.717) is 17.4 Å². The SMILES string of the molecule is CCCNC(C(C)CCOC)C1(C)CCCC1. The number of hydrogen-bond acceptors (Lipinski definition) is 2. The molecule has 0 aromatic carbocycles. The first-order valence-corrected chi connectivity index (χ1v) is 7.36. The maximum atomic E-state index is 5.23. The van der Waals surface area contributed by atoms with Crippen LogP contribution < -0.4 is 5.32 Å². The molecule has 0 spiro atoms. The summed E-state index contributed by atoms with van der Waals surface area (Å²) in [4.78, 5) is 0. The monoisotopic (exact) mass is 241 g/mol. The van der Waals surface area contributed by atoms with Crippen LogP contribution in [0.2, 0.25) is 0 Å². The number of ether oxygens (including phenoxy) is 1. The van der Waals surface area contributed by atoms with Crippen LogP contribution in [0.5, 0.6) is 0 Å². The first kappa shape index (κ1) is 15.0. The van der Waals surface area contributed by atoms with E-state index < -0.39 is 0 Å². The third-order valence-corrected chi connectivity index (χ3v) is 4.46. The summed E-state index contributed by atoms with van der Waals surface area (Å²) < 4.78 is 5.23. The van der Waals surface area contributed by atoms with Gasteiger partial charge in [-0.05, 0) is 43.6 Å². The Morgan fingerprint density at radius 2 is 1.94 bits per heavy atom. The zero-order valence-corrected chi connectivity index (χ0v) is 12.2. The lowest BCUT2D eigenvalue weighted by molar-refractivity contribution is 0.124. The Morgan fingerprint density at radius 3 is 2.47 bits per heavy atom. The lowest BCUT2D eigenvalue weighted by Gasteiger charge is -2.39. The molecular weight excluding hydrogens is 210 g/mol. The molecule has 1 aliphatic rings. The normalized spacial score (nSPS) is 22.6. The van der Waals surface area contributed by atoms with E-state index in [0.717, 1.165) is 13.2 Å². The van der Waals surface area contributed by atoms with Crippen molar-refractivity contribution in [1.29, 1.82) is 0 Å². The third-order valence-electron chi connectivity index (χ3n) is 4.46. The van der Waals surface area contributed by atoms with Gasteiger partial charge in [0.2, 0.25) is 0 Å². The first-order valence-electron chi connectivity index (χ1n) is 7.36. The molecule has 2 unspecified atom stereocenters. The summed E-state index contributed by atoms with van der Waals surface area (Å²) in [6.45, 7) is 9.16. The molecule has 0 saturated heterocycles. The van der Waals surface area contributed by atoms with Gasteiger partial charge in [-0.15, -0.1) is 0 Å². The molecule has 17 heavy (non-hydrogen) atoms. The zero-order chi connectivity index (χ0) is 12.7. The van der Waals surface area contributed by atoms with Crippen molar-refractivity contribution in [3.8, 4) is 0 Å². The molecule has 0 heterocycles. The molecule has 1 saturated carbocycles. The number of rotatable bonds is 8. The summed E-state index contributed by atoms with van der Waals surface area (Å²) >= 11 is 0. The Morgan fingerprint density at radius 1 is 1.29 bits per heavy atom. The highest BCUT2D eigenvalue weighted by molar-refractivity contribution is 4.93. The van der Waals surface area contributed by atoms with E-state index in [1.807, 2.05) is 0 Å². The fourth-order valence-electron chi connectivity index (χ4n) is 3.40.